The number of ether oxygens (including phenoxy) is 1. The van der Waals surface area contributed by atoms with E-state index in [1.807, 2.05) is 51.1 Å². The highest BCUT2D eigenvalue weighted by molar-refractivity contribution is 6.30. The van der Waals surface area contributed by atoms with Gasteiger partial charge < -0.3 is 15.0 Å². The van der Waals surface area contributed by atoms with E-state index >= 15 is 0 Å². The lowest BCUT2D eigenvalue weighted by Gasteiger charge is -2.28. The summed E-state index contributed by atoms with van der Waals surface area (Å²) in [6, 6.07) is 12.5. The Hall–Kier alpha value is -2.53. The minimum atomic E-state index is -0.620. The maximum atomic E-state index is 12.9. The molecule has 2 aromatic carbocycles. The zero-order chi connectivity index (χ0) is 20.7. The fraction of sp³-hybridized carbons (Fsp3) is 0.364. The van der Waals surface area contributed by atoms with Crippen LogP contribution in [0.1, 0.15) is 30.5 Å². The molecule has 0 aromatic heterocycles. The number of nitrogens with zero attached hydrogens (tertiary/aromatic N) is 1. The summed E-state index contributed by atoms with van der Waals surface area (Å²) < 4.78 is 5.76. The zero-order valence-electron chi connectivity index (χ0n) is 16.8. The topological polar surface area (TPSA) is 58.6 Å². The highest BCUT2D eigenvalue weighted by atomic mass is 35.5. The number of rotatable bonds is 8. The van der Waals surface area contributed by atoms with Crippen LogP contribution in [0.5, 0.6) is 5.75 Å². The quantitative estimate of drug-likeness (QED) is 0.728. The first-order valence-electron chi connectivity index (χ1n) is 9.33. The molecule has 1 N–H and O–H groups in total. The van der Waals surface area contributed by atoms with Crippen molar-refractivity contribution < 1.29 is 14.3 Å². The van der Waals surface area contributed by atoms with E-state index in [4.69, 9.17) is 16.3 Å². The SMILES string of the molecule is CCNC(=O)[C@@H](C)N(Cc1ccc(Cl)cc1)C(=O)COc1cc(C)ccc1C. The Kier molecular flexibility index (Phi) is 7.88. The van der Waals surface area contributed by atoms with Crippen LogP contribution in [-0.4, -0.2) is 35.9 Å². The first kappa shape index (κ1) is 21.8. The van der Waals surface area contributed by atoms with Gasteiger partial charge in [0.1, 0.15) is 11.8 Å². The first-order chi connectivity index (χ1) is 13.3. The summed E-state index contributed by atoms with van der Waals surface area (Å²) in [6.07, 6.45) is 0. The van der Waals surface area contributed by atoms with Crippen molar-refractivity contribution in [3.05, 3.63) is 64.2 Å². The van der Waals surface area contributed by atoms with Crippen molar-refractivity contribution in [2.24, 2.45) is 0 Å². The number of hydrogen-bond acceptors (Lipinski definition) is 3. The van der Waals surface area contributed by atoms with Crippen LogP contribution < -0.4 is 10.1 Å². The van der Waals surface area contributed by atoms with Crippen molar-refractivity contribution in [3.63, 3.8) is 0 Å². The van der Waals surface area contributed by atoms with Crippen molar-refractivity contribution in [2.45, 2.75) is 40.3 Å². The third kappa shape index (κ3) is 5.99. The molecule has 0 saturated carbocycles. The van der Waals surface area contributed by atoms with Gasteiger partial charge in [0.15, 0.2) is 6.61 Å². The predicted molar refractivity (Wildman–Crippen MR) is 112 cm³/mol. The zero-order valence-corrected chi connectivity index (χ0v) is 17.5. The van der Waals surface area contributed by atoms with Gasteiger partial charge in [0.2, 0.25) is 5.91 Å². The summed E-state index contributed by atoms with van der Waals surface area (Å²) in [4.78, 5) is 26.8. The van der Waals surface area contributed by atoms with Gasteiger partial charge in [-0.2, -0.15) is 0 Å². The molecule has 1 atom stereocenters. The van der Waals surface area contributed by atoms with E-state index < -0.39 is 6.04 Å². The molecule has 0 saturated heterocycles. The molecule has 0 aliphatic heterocycles. The second-order valence-electron chi connectivity index (χ2n) is 6.78. The Morgan fingerprint density at radius 1 is 1.14 bits per heavy atom. The second kappa shape index (κ2) is 10.1. The van der Waals surface area contributed by atoms with Crippen LogP contribution in [-0.2, 0) is 16.1 Å². The molecule has 28 heavy (non-hydrogen) atoms. The summed E-state index contributed by atoms with van der Waals surface area (Å²) in [5, 5.41) is 3.39. The maximum Gasteiger partial charge on any atom is 0.261 e. The van der Waals surface area contributed by atoms with E-state index in [-0.39, 0.29) is 18.4 Å². The number of carbonyl (C=O) groups excluding carboxylic acids is 2. The fourth-order valence-electron chi connectivity index (χ4n) is 2.78. The van der Waals surface area contributed by atoms with E-state index in [2.05, 4.69) is 5.32 Å². The Morgan fingerprint density at radius 2 is 1.82 bits per heavy atom. The smallest absolute Gasteiger partial charge is 0.261 e. The van der Waals surface area contributed by atoms with Gasteiger partial charge in [-0.05, 0) is 62.6 Å². The number of likely N-dealkylation sites (N-methyl/N-ethyl adjacent to an activating group) is 1. The number of aryl methyl sites for hydroxylation is 2. The molecular weight excluding hydrogens is 376 g/mol. The second-order valence-corrected chi connectivity index (χ2v) is 7.21. The Balaban J connectivity index is 2.16. The van der Waals surface area contributed by atoms with Crippen molar-refractivity contribution in [1.82, 2.24) is 10.2 Å². The summed E-state index contributed by atoms with van der Waals surface area (Å²) in [6.45, 7) is 8.13. The van der Waals surface area contributed by atoms with Gasteiger partial charge in [0.25, 0.3) is 5.91 Å². The minimum absolute atomic E-state index is 0.137. The molecule has 0 bridgehead atoms. The van der Waals surface area contributed by atoms with Gasteiger partial charge in [-0.1, -0.05) is 35.9 Å². The van der Waals surface area contributed by atoms with Crippen molar-refractivity contribution in [3.8, 4) is 5.75 Å². The molecule has 2 aromatic rings. The Labute approximate surface area is 171 Å². The van der Waals surface area contributed by atoms with Gasteiger partial charge in [0.05, 0.1) is 0 Å². The van der Waals surface area contributed by atoms with Crippen LogP contribution in [0, 0.1) is 13.8 Å². The lowest BCUT2D eigenvalue weighted by atomic mass is 10.1. The van der Waals surface area contributed by atoms with Crippen LogP contribution in [0.3, 0.4) is 0 Å². The summed E-state index contributed by atoms with van der Waals surface area (Å²) >= 11 is 5.95. The van der Waals surface area contributed by atoms with Crippen LogP contribution in [0.25, 0.3) is 0 Å². The molecule has 6 heteroatoms. The van der Waals surface area contributed by atoms with Crippen molar-refractivity contribution >= 4 is 23.4 Å². The van der Waals surface area contributed by atoms with Gasteiger partial charge in [-0.3, -0.25) is 9.59 Å². The summed E-state index contributed by atoms with van der Waals surface area (Å²) in [7, 11) is 0. The molecule has 0 heterocycles. The molecule has 0 unspecified atom stereocenters. The van der Waals surface area contributed by atoms with Crippen LogP contribution in [0.2, 0.25) is 5.02 Å². The normalized spacial score (nSPS) is 11.6. The lowest BCUT2D eigenvalue weighted by molar-refractivity contribution is -0.142. The summed E-state index contributed by atoms with van der Waals surface area (Å²) in [5.74, 6) is 0.219. The molecule has 0 aliphatic rings. The van der Waals surface area contributed by atoms with E-state index in [9.17, 15) is 9.59 Å². The van der Waals surface area contributed by atoms with Gasteiger partial charge in [0, 0.05) is 18.1 Å². The van der Waals surface area contributed by atoms with Gasteiger partial charge in [-0.15, -0.1) is 0 Å². The molecule has 2 amide bonds. The van der Waals surface area contributed by atoms with Gasteiger partial charge in [-0.25, -0.2) is 0 Å². The van der Waals surface area contributed by atoms with E-state index in [0.717, 1.165) is 16.7 Å². The average molecular weight is 403 g/mol. The van der Waals surface area contributed by atoms with Crippen LogP contribution in [0.15, 0.2) is 42.5 Å². The van der Waals surface area contributed by atoms with Gasteiger partial charge >= 0.3 is 0 Å². The average Bonchev–Trinajstić information content (AvgIpc) is 2.67. The molecule has 150 valence electrons. The lowest BCUT2D eigenvalue weighted by Crippen LogP contribution is -2.49. The van der Waals surface area contributed by atoms with E-state index in [1.165, 1.54) is 4.90 Å². The molecule has 0 radical (unpaired) electrons. The first-order valence-corrected chi connectivity index (χ1v) is 9.71. The number of nitrogens with one attached hydrogen (secondary N) is 1. The molecule has 2 rings (SSSR count). The standard InChI is InChI=1S/C22H27ClN2O3/c1-5-24-22(27)17(4)25(13-18-8-10-19(23)11-9-18)21(26)14-28-20-12-15(2)6-7-16(20)3/h6-12,17H,5,13-14H2,1-4H3,(H,24,27)/t17-/m1/s1. The minimum Gasteiger partial charge on any atom is -0.483 e. The molecule has 5 nitrogen and oxygen atoms in total. The maximum absolute atomic E-state index is 12.9. The molecule has 0 aliphatic carbocycles. The number of benzene rings is 2. The van der Waals surface area contributed by atoms with Crippen molar-refractivity contribution in [2.75, 3.05) is 13.2 Å². The number of hydrogen-bond donors (Lipinski definition) is 1. The van der Waals surface area contributed by atoms with Crippen molar-refractivity contribution in [1.29, 1.82) is 0 Å². The third-order valence-electron chi connectivity index (χ3n) is 4.48. The Morgan fingerprint density at radius 3 is 2.46 bits per heavy atom. The molecular formula is C22H27ClN2O3. The van der Waals surface area contributed by atoms with Crippen LogP contribution in [0.4, 0.5) is 0 Å². The van der Waals surface area contributed by atoms with E-state index in [1.54, 1.807) is 19.1 Å². The predicted octanol–water partition coefficient (Wildman–Crippen LogP) is 3.89. The highest BCUT2D eigenvalue weighted by Gasteiger charge is 2.26. The molecule has 0 fully saturated rings. The highest BCUT2D eigenvalue weighted by Crippen LogP contribution is 2.20. The number of carbonyl (C=O) groups is 2. The summed E-state index contributed by atoms with van der Waals surface area (Å²) in [5.41, 5.74) is 2.90. The van der Waals surface area contributed by atoms with E-state index in [0.29, 0.717) is 23.9 Å². The third-order valence-corrected chi connectivity index (χ3v) is 4.73. The molecule has 0 spiro atoms. The number of amides is 2. The van der Waals surface area contributed by atoms with Crippen LogP contribution >= 0.6 is 11.6 Å². The number of halogens is 1. The Bertz CT molecular complexity index is 821. The monoisotopic (exact) mass is 402 g/mol. The fourth-order valence-corrected chi connectivity index (χ4v) is 2.90. The largest absolute Gasteiger partial charge is 0.483 e.